The van der Waals surface area contributed by atoms with Crippen molar-refractivity contribution in [1.29, 1.82) is 0 Å². The normalized spacial score (nSPS) is 26.3. The topological polar surface area (TPSA) is 84.0 Å². The van der Waals surface area contributed by atoms with Gasteiger partial charge >= 0.3 is 5.97 Å². The third kappa shape index (κ3) is 4.40. The van der Waals surface area contributed by atoms with E-state index >= 15 is 0 Å². The van der Waals surface area contributed by atoms with E-state index in [2.05, 4.69) is 22.9 Å². The largest absolute Gasteiger partial charge is 0.426 e. The van der Waals surface area contributed by atoms with Gasteiger partial charge in [0.15, 0.2) is 0 Å². The van der Waals surface area contributed by atoms with Crippen LogP contribution in [0, 0.1) is 30.6 Å². The van der Waals surface area contributed by atoms with Crippen LogP contribution in [-0.2, 0) is 19.2 Å². The lowest BCUT2D eigenvalue weighted by Gasteiger charge is -2.25. The number of anilines is 2. The van der Waals surface area contributed by atoms with Gasteiger partial charge in [0.05, 0.1) is 23.4 Å². The molecule has 2 aromatic rings. The summed E-state index contributed by atoms with van der Waals surface area (Å²) >= 11 is 3.38. The molecule has 0 unspecified atom stereocenters. The fourth-order valence-corrected chi connectivity index (χ4v) is 5.77. The highest BCUT2D eigenvalue weighted by Gasteiger charge is 2.50. The molecule has 2 aromatic carbocycles. The average Bonchev–Trinajstić information content (AvgIpc) is 3.32. The monoisotopic (exact) mass is 538 g/mol. The fourth-order valence-electron chi connectivity index (χ4n) is 5.50. The van der Waals surface area contributed by atoms with Crippen molar-refractivity contribution in [2.75, 3.05) is 16.3 Å². The van der Waals surface area contributed by atoms with Crippen molar-refractivity contribution >= 4 is 51.0 Å². The standard InChI is InChI=1S/C27H27BrN2O5/c1-15-3-9-21-22(11-15)26(33)30(25(21)32)23-10-8-20(12-16(23)2)35-27(34)17-13-24(31)29(14-17)19-6-4-18(28)5-7-19/h4-8,10,12,15,17,21-22H,3,9,11,13-14H2,1-2H3/t15-,17-,21-,22-/m1/s1. The smallest absolute Gasteiger partial charge is 0.316 e. The van der Waals surface area contributed by atoms with Gasteiger partial charge in [-0.15, -0.1) is 0 Å². The van der Waals surface area contributed by atoms with Gasteiger partial charge in [-0.1, -0.05) is 22.9 Å². The number of ether oxygens (including phenoxy) is 1. The van der Waals surface area contributed by atoms with Crippen LogP contribution < -0.4 is 14.5 Å². The summed E-state index contributed by atoms with van der Waals surface area (Å²) in [5.41, 5.74) is 1.96. The number of aryl methyl sites for hydroxylation is 1. The van der Waals surface area contributed by atoms with E-state index in [0.717, 1.165) is 29.4 Å². The Morgan fingerprint density at radius 2 is 1.71 bits per heavy atom. The van der Waals surface area contributed by atoms with Crippen LogP contribution in [0.5, 0.6) is 5.75 Å². The Balaban J connectivity index is 1.27. The maximum Gasteiger partial charge on any atom is 0.316 e. The number of fused-ring (bicyclic) bond motifs is 1. The van der Waals surface area contributed by atoms with Gasteiger partial charge in [-0.25, -0.2) is 4.90 Å². The van der Waals surface area contributed by atoms with Crippen LogP contribution in [0.15, 0.2) is 46.9 Å². The predicted octanol–water partition coefficient (Wildman–Crippen LogP) is 4.64. The number of carbonyl (C=O) groups excluding carboxylic acids is 4. The maximum atomic E-state index is 13.1. The third-order valence-electron chi connectivity index (χ3n) is 7.41. The lowest BCUT2D eigenvalue weighted by atomic mass is 9.76. The van der Waals surface area contributed by atoms with Crippen molar-refractivity contribution in [2.45, 2.75) is 39.5 Å². The van der Waals surface area contributed by atoms with Gasteiger partial charge in [0, 0.05) is 23.1 Å². The van der Waals surface area contributed by atoms with E-state index in [9.17, 15) is 19.2 Å². The highest BCUT2D eigenvalue weighted by Crippen LogP contribution is 2.43. The van der Waals surface area contributed by atoms with Crippen LogP contribution in [0.3, 0.4) is 0 Å². The first-order chi connectivity index (χ1) is 16.7. The minimum atomic E-state index is -0.571. The van der Waals surface area contributed by atoms with Crippen molar-refractivity contribution in [3.8, 4) is 5.75 Å². The van der Waals surface area contributed by atoms with E-state index in [1.807, 2.05) is 24.3 Å². The number of imide groups is 1. The van der Waals surface area contributed by atoms with E-state index < -0.39 is 11.9 Å². The summed E-state index contributed by atoms with van der Waals surface area (Å²) in [4.78, 5) is 54.3. The fraction of sp³-hybridized carbons (Fsp3) is 0.407. The molecule has 3 amide bonds. The molecule has 2 heterocycles. The first kappa shape index (κ1) is 23.7. The van der Waals surface area contributed by atoms with Gasteiger partial charge in [-0.05, 0) is 80.1 Å². The molecule has 0 radical (unpaired) electrons. The number of hydrogen-bond donors (Lipinski definition) is 0. The molecule has 0 bridgehead atoms. The van der Waals surface area contributed by atoms with Gasteiger partial charge in [0.2, 0.25) is 17.7 Å². The van der Waals surface area contributed by atoms with Crippen LogP contribution >= 0.6 is 15.9 Å². The zero-order valence-corrected chi connectivity index (χ0v) is 21.3. The van der Waals surface area contributed by atoms with Crippen LogP contribution in [0.1, 0.15) is 38.2 Å². The zero-order valence-electron chi connectivity index (χ0n) is 19.7. The molecule has 182 valence electrons. The number of halogens is 1. The summed E-state index contributed by atoms with van der Waals surface area (Å²) in [6.07, 6.45) is 2.55. The second-order valence-corrected chi connectivity index (χ2v) is 10.8. The molecule has 5 rings (SSSR count). The van der Waals surface area contributed by atoms with Gasteiger partial charge in [-0.2, -0.15) is 0 Å². The molecule has 1 saturated carbocycles. The quantitative estimate of drug-likeness (QED) is 0.321. The zero-order chi connectivity index (χ0) is 24.9. The van der Waals surface area contributed by atoms with Crippen LogP contribution in [0.4, 0.5) is 11.4 Å². The SMILES string of the molecule is Cc1cc(OC(=O)[C@@H]2CC(=O)N(c3ccc(Br)cc3)C2)ccc1N1C(=O)[C@@H]2CC[C@@H](C)C[C@H]2C1=O. The number of benzene rings is 2. The molecule has 0 N–H and O–H groups in total. The number of esters is 1. The van der Waals surface area contributed by atoms with Gasteiger partial charge in [-0.3, -0.25) is 19.2 Å². The molecular formula is C27H27BrN2O5. The van der Waals surface area contributed by atoms with E-state index in [1.54, 1.807) is 30.0 Å². The molecule has 1 aliphatic carbocycles. The minimum Gasteiger partial charge on any atom is -0.426 e. The lowest BCUT2D eigenvalue weighted by molar-refractivity contribution is -0.139. The molecule has 7 nitrogen and oxygen atoms in total. The Morgan fingerprint density at radius 3 is 2.43 bits per heavy atom. The minimum absolute atomic E-state index is 0.0872. The first-order valence-electron chi connectivity index (χ1n) is 12.0. The Labute approximate surface area is 212 Å². The van der Waals surface area contributed by atoms with Crippen molar-refractivity contribution in [3.05, 3.63) is 52.5 Å². The number of carbonyl (C=O) groups is 4. The van der Waals surface area contributed by atoms with E-state index in [1.165, 1.54) is 4.90 Å². The summed E-state index contributed by atoms with van der Waals surface area (Å²) in [5, 5.41) is 0. The van der Waals surface area contributed by atoms with Crippen LogP contribution in [-0.4, -0.2) is 30.2 Å². The molecule has 8 heteroatoms. The lowest BCUT2D eigenvalue weighted by Crippen LogP contribution is -2.31. The van der Waals surface area contributed by atoms with Gasteiger partial charge in [0.25, 0.3) is 0 Å². The van der Waals surface area contributed by atoms with Gasteiger partial charge in [0.1, 0.15) is 5.75 Å². The summed E-state index contributed by atoms with van der Waals surface area (Å²) < 4.78 is 6.51. The molecule has 4 atom stereocenters. The maximum absolute atomic E-state index is 13.1. The van der Waals surface area contributed by atoms with Crippen molar-refractivity contribution < 1.29 is 23.9 Å². The van der Waals surface area contributed by atoms with E-state index in [4.69, 9.17) is 4.74 Å². The van der Waals surface area contributed by atoms with Crippen LogP contribution in [0.2, 0.25) is 0 Å². The summed E-state index contributed by atoms with van der Waals surface area (Å²) in [5.74, 6) is -1.12. The summed E-state index contributed by atoms with van der Waals surface area (Å²) in [6, 6.07) is 12.3. The summed E-state index contributed by atoms with van der Waals surface area (Å²) in [6.45, 7) is 4.18. The molecular weight excluding hydrogens is 512 g/mol. The Morgan fingerprint density at radius 1 is 1.00 bits per heavy atom. The predicted molar refractivity (Wildman–Crippen MR) is 134 cm³/mol. The number of nitrogens with zero attached hydrogens (tertiary/aromatic N) is 2. The Bertz CT molecular complexity index is 1210. The molecule has 0 spiro atoms. The number of amides is 3. The second kappa shape index (κ2) is 9.22. The Hall–Kier alpha value is -3.00. The number of hydrogen-bond acceptors (Lipinski definition) is 5. The average molecular weight is 539 g/mol. The highest BCUT2D eigenvalue weighted by molar-refractivity contribution is 9.10. The van der Waals surface area contributed by atoms with Crippen LogP contribution in [0.25, 0.3) is 0 Å². The van der Waals surface area contributed by atoms with Crippen molar-refractivity contribution in [1.82, 2.24) is 0 Å². The molecule has 0 aromatic heterocycles. The third-order valence-corrected chi connectivity index (χ3v) is 7.94. The molecule has 35 heavy (non-hydrogen) atoms. The van der Waals surface area contributed by atoms with Crippen molar-refractivity contribution in [2.24, 2.45) is 23.7 Å². The first-order valence-corrected chi connectivity index (χ1v) is 12.8. The second-order valence-electron chi connectivity index (χ2n) is 9.89. The van der Waals surface area contributed by atoms with Crippen molar-refractivity contribution in [3.63, 3.8) is 0 Å². The Kier molecular flexibility index (Phi) is 6.25. The summed E-state index contributed by atoms with van der Waals surface area (Å²) in [7, 11) is 0. The number of rotatable bonds is 4. The van der Waals surface area contributed by atoms with Gasteiger partial charge < -0.3 is 9.64 Å². The molecule has 3 aliphatic rings. The molecule has 3 fully saturated rings. The molecule has 2 aliphatic heterocycles. The van der Waals surface area contributed by atoms with E-state index in [0.29, 0.717) is 22.9 Å². The van der Waals surface area contributed by atoms with E-state index in [-0.39, 0.29) is 42.5 Å². The highest BCUT2D eigenvalue weighted by atomic mass is 79.9. The molecule has 2 saturated heterocycles.